The lowest BCUT2D eigenvalue weighted by atomic mass is 10.1. The van der Waals surface area contributed by atoms with Crippen LogP contribution in [0.2, 0.25) is 0 Å². The molecule has 1 aromatic heterocycles. The Morgan fingerprint density at radius 2 is 1.75 bits per heavy atom. The second-order valence-electron chi connectivity index (χ2n) is 4.59. The lowest BCUT2D eigenvalue weighted by Gasteiger charge is -2.07. The van der Waals surface area contributed by atoms with Crippen molar-refractivity contribution >= 4 is 21.9 Å². The first kappa shape index (κ1) is 12.3. The van der Waals surface area contributed by atoms with Crippen LogP contribution in [0.25, 0.3) is 21.9 Å². The van der Waals surface area contributed by atoms with Crippen molar-refractivity contribution in [1.29, 1.82) is 0 Å². The second kappa shape index (κ2) is 4.16. The van der Waals surface area contributed by atoms with Crippen molar-refractivity contribution in [2.24, 2.45) is 0 Å². The van der Waals surface area contributed by atoms with Crippen LogP contribution in [0, 0.1) is 6.92 Å². The van der Waals surface area contributed by atoms with Gasteiger partial charge in [0, 0.05) is 18.2 Å². The van der Waals surface area contributed by atoms with Gasteiger partial charge in [-0.1, -0.05) is 0 Å². The molecule has 0 unspecified atom stereocenters. The number of phenols is 2. The molecule has 0 aliphatic carbocycles. The van der Waals surface area contributed by atoms with Crippen molar-refractivity contribution in [1.82, 2.24) is 0 Å². The zero-order chi connectivity index (χ0) is 14.4. The van der Waals surface area contributed by atoms with Gasteiger partial charge in [0.1, 0.15) is 33.8 Å². The summed E-state index contributed by atoms with van der Waals surface area (Å²) in [5.74, 6) is 0.210. The third-order valence-electron chi connectivity index (χ3n) is 3.25. The van der Waals surface area contributed by atoms with E-state index in [0.717, 1.165) is 0 Å². The molecule has 0 fully saturated rings. The molecule has 0 saturated heterocycles. The van der Waals surface area contributed by atoms with Crippen LogP contribution in [0.3, 0.4) is 0 Å². The SMILES string of the molecule is COc1cc(O)c2c(=O)c3c(C)cc(O)cc3oc2c1. The Bertz CT molecular complexity index is 892. The van der Waals surface area contributed by atoms with Crippen molar-refractivity contribution in [2.75, 3.05) is 7.11 Å². The van der Waals surface area contributed by atoms with E-state index in [4.69, 9.17) is 9.15 Å². The van der Waals surface area contributed by atoms with Crippen LogP contribution in [-0.2, 0) is 0 Å². The quantitative estimate of drug-likeness (QED) is 0.666. The van der Waals surface area contributed by atoms with Gasteiger partial charge in [-0.3, -0.25) is 4.79 Å². The van der Waals surface area contributed by atoms with Gasteiger partial charge in [0.25, 0.3) is 0 Å². The van der Waals surface area contributed by atoms with Crippen LogP contribution in [0.5, 0.6) is 17.2 Å². The van der Waals surface area contributed by atoms with E-state index < -0.39 is 0 Å². The highest BCUT2D eigenvalue weighted by atomic mass is 16.5. The molecule has 1 heterocycles. The Hall–Kier alpha value is -2.69. The Labute approximate surface area is 113 Å². The first-order chi connectivity index (χ1) is 9.51. The number of aromatic hydroxyl groups is 2. The minimum atomic E-state index is -0.334. The normalized spacial score (nSPS) is 11.1. The lowest BCUT2D eigenvalue weighted by Crippen LogP contribution is -2.04. The van der Waals surface area contributed by atoms with Crippen LogP contribution in [0.1, 0.15) is 5.56 Å². The molecular weight excluding hydrogens is 260 g/mol. The fraction of sp³-hybridized carbons (Fsp3) is 0.133. The molecule has 0 aliphatic rings. The van der Waals surface area contributed by atoms with Gasteiger partial charge in [0.05, 0.1) is 12.5 Å². The molecule has 2 N–H and O–H groups in total. The fourth-order valence-corrected chi connectivity index (χ4v) is 2.35. The zero-order valence-electron chi connectivity index (χ0n) is 10.9. The number of benzene rings is 2. The molecule has 0 atom stereocenters. The summed E-state index contributed by atoms with van der Waals surface area (Å²) in [6.45, 7) is 1.70. The van der Waals surface area contributed by atoms with E-state index in [1.165, 1.54) is 31.4 Å². The van der Waals surface area contributed by atoms with Gasteiger partial charge in [0.15, 0.2) is 0 Å². The monoisotopic (exact) mass is 272 g/mol. The summed E-state index contributed by atoms with van der Waals surface area (Å²) in [7, 11) is 1.45. The number of aryl methyl sites for hydroxylation is 1. The highest BCUT2D eigenvalue weighted by Gasteiger charge is 2.15. The average molecular weight is 272 g/mol. The van der Waals surface area contributed by atoms with Gasteiger partial charge >= 0.3 is 0 Å². The van der Waals surface area contributed by atoms with E-state index in [1.54, 1.807) is 6.92 Å². The molecule has 2 aromatic carbocycles. The number of ether oxygens (including phenoxy) is 1. The molecular formula is C15H12O5. The smallest absolute Gasteiger partial charge is 0.204 e. The van der Waals surface area contributed by atoms with Gasteiger partial charge in [-0.25, -0.2) is 0 Å². The van der Waals surface area contributed by atoms with Gasteiger partial charge in [0.2, 0.25) is 5.43 Å². The highest BCUT2D eigenvalue weighted by molar-refractivity contribution is 5.95. The number of hydrogen-bond acceptors (Lipinski definition) is 5. The van der Waals surface area contributed by atoms with Crippen LogP contribution < -0.4 is 10.2 Å². The van der Waals surface area contributed by atoms with E-state index in [2.05, 4.69) is 0 Å². The predicted molar refractivity (Wildman–Crippen MR) is 74.6 cm³/mol. The molecule has 0 saturated carbocycles. The van der Waals surface area contributed by atoms with E-state index in [-0.39, 0.29) is 33.5 Å². The van der Waals surface area contributed by atoms with Crippen LogP contribution in [0.15, 0.2) is 33.5 Å². The second-order valence-corrected chi connectivity index (χ2v) is 4.59. The molecule has 0 aliphatic heterocycles. The van der Waals surface area contributed by atoms with Crippen molar-refractivity contribution < 1.29 is 19.4 Å². The van der Waals surface area contributed by atoms with Gasteiger partial charge < -0.3 is 19.4 Å². The van der Waals surface area contributed by atoms with Crippen LogP contribution >= 0.6 is 0 Å². The van der Waals surface area contributed by atoms with Crippen molar-refractivity contribution in [2.45, 2.75) is 6.92 Å². The highest BCUT2D eigenvalue weighted by Crippen LogP contribution is 2.32. The third-order valence-corrected chi connectivity index (χ3v) is 3.25. The van der Waals surface area contributed by atoms with Crippen molar-refractivity contribution in [3.63, 3.8) is 0 Å². The average Bonchev–Trinajstić information content (AvgIpc) is 2.36. The summed E-state index contributed by atoms with van der Waals surface area (Å²) < 4.78 is 10.6. The molecule has 0 spiro atoms. The van der Waals surface area contributed by atoms with E-state index in [9.17, 15) is 15.0 Å². The number of phenolic OH excluding ortho intramolecular Hbond substituents is 2. The molecule has 3 rings (SSSR count). The molecule has 102 valence electrons. The van der Waals surface area contributed by atoms with Crippen molar-refractivity contribution in [3.05, 3.63) is 40.1 Å². The Balaban J connectivity index is 2.57. The third kappa shape index (κ3) is 1.67. The molecule has 5 nitrogen and oxygen atoms in total. The maximum absolute atomic E-state index is 12.5. The number of hydrogen-bond donors (Lipinski definition) is 2. The number of fused-ring (bicyclic) bond motifs is 2. The van der Waals surface area contributed by atoms with Crippen LogP contribution in [-0.4, -0.2) is 17.3 Å². The maximum atomic E-state index is 12.5. The first-order valence-corrected chi connectivity index (χ1v) is 5.98. The van der Waals surface area contributed by atoms with Gasteiger partial charge in [-0.2, -0.15) is 0 Å². The molecule has 3 aromatic rings. The summed E-state index contributed by atoms with van der Waals surface area (Å²) in [6, 6.07) is 5.74. The lowest BCUT2D eigenvalue weighted by molar-refractivity contribution is 0.408. The van der Waals surface area contributed by atoms with E-state index >= 15 is 0 Å². The fourth-order valence-electron chi connectivity index (χ4n) is 2.35. The minimum absolute atomic E-state index is 0.0182. The zero-order valence-corrected chi connectivity index (χ0v) is 10.9. The van der Waals surface area contributed by atoms with Gasteiger partial charge in [-0.15, -0.1) is 0 Å². The Morgan fingerprint density at radius 3 is 2.45 bits per heavy atom. The van der Waals surface area contributed by atoms with E-state index in [1.807, 2.05) is 0 Å². The molecule has 20 heavy (non-hydrogen) atoms. The minimum Gasteiger partial charge on any atom is -0.508 e. The largest absolute Gasteiger partial charge is 0.508 e. The summed E-state index contributed by atoms with van der Waals surface area (Å²) >= 11 is 0. The first-order valence-electron chi connectivity index (χ1n) is 5.98. The molecule has 5 heteroatoms. The number of methoxy groups -OCH3 is 1. The van der Waals surface area contributed by atoms with Gasteiger partial charge in [-0.05, 0) is 18.6 Å². The topological polar surface area (TPSA) is 79.9 Å². The molecule has 0 bridgehead atoms. The van der Waals surface area contributed by atoms with Crippen molar-refractivity contribution in [3.8, 4) is 17.2 Å². The Morgan fingerprint density at radius 1 is 1.05 bits per heavy atom. The summed E-state index contributed by atoms with van der Waals surface area (Å²) in [5, 5.41) is 20.0. The Kier molecular flexibility index (Phi) is 2.57. The van der Waals surface area contributed by atoms with E-state index in [0.29, 0.717) is 16.7 Å². The molecule has 0 radical (unpaired) electrons. The summed E-state index contributed by atoms with van der Waals surface area (Å²) in [6.07, 6.45) is 0. The standard InChI is InChI=1S/C15H12O5/c1-7-3-8(16)4-11-13(7)15(18)14-10(17)5-9(19-2)6-12(14)20-11/h3-6,16-17H,1-2H3. The maximum Gasteiger partial charge on any atom is 0.204 e. The summed E-state index contributed by atoms with van der Waals surface area (Å²) in [4.78, 5) is 12.5. The number of rotatable bonds is 1. The van der Waals surface area contributed by atoms with Crippen LogP contribution in [0.4, 0.5) is 0 Å². The predicted octanol–water partition coefficient (Wildman–Crippen LogP) is 2.67. The molecule has 0 amide bonds. The summed E-state index contributed by atoms with van der Waals surface area (Å²) in [5.41, 5.74) is 0.738.